The van der Waals surface area contributed by atoms with Crippen molar-refractivity contribution in [2.45, 2.75) is 38.3 Å². The van der Waals surface area contributed by atoms with Gasteiger partial charge in [-0.3, -0.25) is 4.79 Å². The van der Waals surface area contributed by atoms with Crippen LogP contribution in [0.3, 0.4) is 0 Å². The Hall–Kier alpha value is -2.82. The molecule has 3 aromatic rings. The topological polar surface area (TPSA) is 116 Å². The van der Waals surface area contributed by atoms with E-state index in [1.54, 1.807) is 18.3 Å². The lowest BCUT2D eigenvalue weighted by molar-refractivity contribution is -0.138. The molecule has 5 heterocycles. The van der Waals surface area contributed by atoms with Crippen LogP contribution in [0.5, 0.6) is 0 Å². The zero-order valence-electron chi connectivity index (χ0n) is 19.0. The van der Waals surface area contributed by atoms with Crippen LogP contribution in [0, 0.1) is 11.8 Å². The Balaban J connectivity index is 1.25. The number of amides is 1. The molecule has 0 spiro atoms. The first-order chi connectivity index (χ1) is 16.6. The third-order valence-corrected chi connectivity index (χ3v) is 8.28. The zero-order valence-corrected chi connectivity index (χ0v) is 19.8. The Morgan fingerprint density at radius 1 is 1.29 bits per heavy atom. The van der Waals surface area contributed by atoms with Crippen molar-refractivity contribution in [3.8, 4) is 10.6 Å². The van der Waals surface area contributed by atoms with Crippen molar-refractivity contribution >= 4 is 39.5 Å². The highest BCUT2D eigenvalue weighted by Crippen LogP contribution is 2.42. The average molecular weight is 481 g/mol. The van der Waals surface area contributed by atoms with Crippen molar-refractivity contribution in [3.05, 3.63) is 29.5 Å². The smallest absolute Gasteiger partial charge is 0.251 e. The van der Waals surface area contributed by atoms with Crippen LogP contribution >= 0.6 is 11.3 Å². The number of aliphatic hydroxyl groups excluding tert-OH is 1. The summed E-state index contributed by atoms with van der Waals surface area (Å²) in [6.07, 6.45) is 7.79. The Kier molecular flexibility index (Phi) is 5.59. The van der Waals surface area contributed by atoms with Crippen molar-refractivity contribution in [2.24, 2.45) is 11.8 Å². The summed E-state index contributed by atoms with van der Waals surface area (Å²) in [6, 6.07) is 2.36. The average Bonchev–Trinajstić information content (AvgIpc) is 3.62. The third-order valence-electron chi connectivity index (χ3n) is 7.25. The van der Waals surface area contributed by atoms with Crippen molar-refractivity contribution in [1.82, 2.24) is 25.1 Å². The molecule has 4 atom stereocenters. The predicted molar refractivity (Wildman–Crippen MR) is 130 cm³/mol. The van der Waals surface area contributed by atoms with Crippen LogP contribution in [0.4, 0.5) is 5.69 Å². The van der Waals surface area contributed by atoms with Gasteiger partial charge >= 0.3 is 0 Å². The number of nitrogens with one attached hydrogen (secondary N) is 2. The standard InChI is InChI=1S/C24H28N6O3S/c1-13(31)24(32)30-11-15-8-17(9-16(15)12-30)27-20-18-2-5-25-21(18)26-10-19(20)23-29-28-22(34-23)14-3-6-33-7-4-14/h2-3,5,10,13,15-17,31H,4,6-9,11-12H2,1H3,(H2,25,26,27)/t13-,15-,16+,17?/m0/s1. The van der Waals surface area contributed by atoms with Crippen molar-refractivity contribution in [2.75, 3.05) is 31.6 Å². The first kappa shape index (κ1) is 21.7. The normalized spacial score (nSPS) is 25.4. The summed E-state index contributed by atoms with van der Waals surface area (Å²) < 4.78 is 5.43. The number of ether oxygens (including phenoxy) is 1. The van der Waals surface area contributed by atoms with Gasteiger partial charge in [-0.25, -0.2) is 4.98 Å². The van der Waals surface area contributed by atoms with E-state index in [2.05, 4.69) is 37.6 Å². The molecule has 1 amide bonds. The van der Waals surface area contributed by atoms with Gasteiger partial charge in [-0.15, -0.1) is 10.2 Å². The predicted octanol–water partition coefficient (Wildman–Crippen LogP) is 2.91. The Morgan fingerprint density at radius 3 is 2.82 bits per heavy atom. The maximum absolute atomic E-state index is 12.2. The molecule has 6 rings (SSSR count). The largest absolute Gasteiger partial charge is 0.384 e. The van der Waals surface area contributed by atoms with Crippen LogP contribution in [0.25, 0.3) is 27.2 Å². The number of aromatic amines is 1. The number of anilines is 1. The zero-order chi connectivity index (χ0) is 23.2. The number of pyridine rings is 1. The molecule has 1 aliphatic carbocycles. The maximum atomic E-state index is 12.2. The Morgan fingerprint density at radius 2 is 2.09 bits per heavy atom. The highest BCUT2D eigenvalue weighted by atomic mass is 32.1. The molecule has 3 aromatic heterocycles. The summed E-state index contributed by atoms with van der Waals surface area (Å²) in [6.45, 7) is 4.35. The van der Waals surface area contributed by atoms with E-state index in [1.165, 1.54) is 5.57 Å². The van der Waals surface area contributed by atoms with Gasteiger partial charge in [-0.05, 0) is 49.7 Å². The minimum atomic E-state index is -0.928. The molecule has 0 bridgehead atoms. The summed E-state index contributed by atoms with van der Waals surface area (Å²) in [4.78, 5) is 21.9. The van der Waals surface area contributed by atoms with Crippen LogP contribution in [0.2, 0.25) is 0 Å². The van der Waals surface area contributed by atoms with Crippen molar-refractivity contribution < 1.29 is 14.6 Å². The molecule has 1 saturated carbocycles. The number of carbonyl (C=O) groups excluding carboxylic acids is 1. The van der Waals surface area contributed by atoms with Gasteiger partial charge in [0.05, 0.1) is 24.5 Å². The number of carbonyl (C=O) groups is 1. The highest BCUT2D eigenvalue weighted by Gasteiger charge is 2.43. The van der Waals surface area contributed by atoms with Crippen LogP contribution in [0.15, 0.2) is 24.5 Å². The molecule has 10 heteroatoms. The molecule has 9 nitrogen and oxygen atoms in total. The molecular formula is C24H28N6O3S. The lowest BCUT2D eigenvalue weighted by atomic mass is 10.0. The molecule has 0 aromatic carbocycles. The van der Waals surface area contributed by atoms with E-state index >= 15 is 0 Å². The van der Waals surface area contributed by atoms with E-state index in [0.29, 0.717) is 31.1 Å². The van der Waals surface area contributed by atoms with Gasteiger partial charge < -0.3 is 25.0 Å². The van der Waals surface area contributed by atoms with Crippen molar-refractivity contribution in [1.29, 1.82) is 0 Å². The van der Waals surface area contributed by atoms with Gasteiger partial charge in [0.15, 0.2) is 5.01 Å². The minimum absolute atomic E-state index is 0.156. The quantitative estimate of drug-likeness (QED) is 0.514. The van der Waals surface area contributed by atoms with Gasteiger partial charge in [-0.1, -0.05) is 17.4 Å². The molecule has 2 fully saturated rings. The number of aromatic nitrogens is 4. The van der Waals surface area contributed by atoms with Gasteiger partial charge in [0.1, 0.15) is 16.8 Å². The van der Waals surface area contributed by atoms with Crippen LogP contribution in [-0.2, 0) is 9.53 Å². The van der Waals surface area contributed by atoms with E-state index in [9.17, 15) is 9.90 Å². The van der Waals surface area contributed by atoms with Crippen LogP contribution < -0.4 is 5.32 Å². The maximum Gasteiger partial charge on any atom is 0.251 e. The van der Waals surface area contributed by atoms with Crippen molar-refractivity contribution in [3.63, 3.8) is 0 Å². The molecule has 1 saturated heterocycles. The molecule has 3 aliphatic rings. The molecule has 178 valence electrons. The summed E-state index contributed by atoms with van der Waals surface area (Å²) in [5, 5.41) is 25.3. The summed E-state index contributed by atoms with van der Waals surface area (Å²) >= 11 is 1.59. The molecular weight excluding hydrogens is 452 g/mol. The fraction of sp³-hybridized carbons (Fsp3) is 0.500. The second kappa shape index (κ2) is 8.75. The Labute approximate surface area is 201 Å². The SMILES string of the molecule is C[C@H](O)C(=O)N1C[C@H]2CC(Nc3c(-c4nnc(C5=CCOCC5)s4)cnc4[nH]ccc34)C[C@H]2C1. The third kappa shape index (κ3) is 3.89. The summed E-state index contributed by atoms with van der Waals surface area (Å²) in [5.74, 6) is 0.762. The summed E-state index contributed by atoms with van der Waals surface area (Å²) in [5.41, 5.74) is 4.04. The van der Waals surface area contributed by atoms with Gasteiger partial charge in [0, 0.05) is 36.9 Å². The number of aliphatic hydroxyl groups is 1. The number of fused-ring (bicyclic) bond motifs is 2. The van der Waals surface area contributed by atoms with Gasteiger partial charge in [0.2, 0.25) is 0 Å². The minimum Gasteiger partial charge on any atom is -0.384 e. The molecule has 3 N–H and O–H groups in total. The van der Waals surface area contributed by atoms with Gasteiger partial charge in [0.25, 0.3) is 5.91 Å². The van der Waals surface area contributed by atoms with Crippen LogP contribution in [0.1, 0.15) is 31.2 Å². The monoisotopic (exact) mass is 480 g/mol. The van der Waals surface area contributed by atoms with E-state index in [0.717, 1.165) is 64.7 Å². The Bertz CT molecular complexity index is 1240. The second-order valence-corrected chi connectivity index (χ2v) is 10.5. The second-order valence-electron chi connectivity index (χ2n) is 9.51. The van der Waals surface area contributed by atoms with Crippen LogP contribution in [-0.4, -0.2) is 74.5 Å². The van der Waals surface area contributed by atoms with Gasteiger partial charge in [-0.2, -0.15) is 0 Å². The molecule has 0 radical (unpaired) electrons. The fourth-order valence-corrected chi connectivity index (χ4v) is 6.50. The number of H-pyrrole nitrogens is 1. The lowest BCUT2D eigenvalue weighted by Gasteiger charge is -2.22. The molecule has 1 unspecified atom stereocenters. The first-order valence-corrected chi connectivity index (χ1v) is 12.7. The number of hydrogen-bond acceptors (Lipinski definition) is 8. The van der Waals surface area contributed by atoms with E-state index < -0.39 is 6.10 Å². The van der Waals surface area contributed by atoms with E-state index in [4.69, 9.17) is 4.74 Å². The highest BCUT2D eigenvalue weighted by molar-refractivity contribution is 7.15. The number of likely N-dealkylation sites (tertiary alicyclic amines) is 1. The molecule has 34 heavy (non-hydrogen) atoms. The summed E-state index contributed by atoms with van der Waals surface area (Å²) in [7, 11) is 0. The first-order valence-electron chi connectivity index (χ1n) is 11.9. The number of hydrogen-bond donors (Lipinski definition) is 3. The number of rotatable bonds is 5. The van der Waals surface area contributed by atoms with E-state index in [1.807, 2.05) is 17.3 Å². The van der Waals surface area contributed by atoms with E-state index in [-0.39, 0.29) is 5.91 Å². The fourth-order valence-electron chi connectivity index (χ4n) is 5.57. The number of nitrogens with zero attached hydrogens (tertiary/aromatic N) is 4. The lowest BCUT2D eigenvalue weighted by Crippen LogP contribution is -2.37. The molecule has 2 aliphatic heterocycles.